The minimum Gasteiger partial charge on any atom is -0.507 e. The number of hydrogen-bond donors (Lipinski definition) is 1. The third-order valence-corrected chi connectivity index (χ3v) is 6.92. The van der Waals surface area contributed by atoms with E-state index in [1.165, 1.54) is 19.1 Å². The van der Waals surface area contributed by atoms with Crippen molar-refractivity contribution in [3.05, 3.63) is 59.2 Å². The largest absolute Gasteiger partial charge is 0.507 e. The summed E-state index contributed by atoms with van der Waals surface area (Å²) in [6, 6.07) is 11.4. The highest BCUT2D eigenvalue weighted by atomic mass is 16.5. The molecule has 1 unspecified atom stereocenters. The summed E-state index contributed by atoms with van der Waals surface area (Å²) < 4.78 is 22.3. The maximum absolute atomic E-state index is 13.4. The summed E-state index contributed by atoms with van der Waals surface area (Å²) in [6.45, 7) is 6.33. The van der Waals surface area contributed by atoms with Gasteiger partial charge in [0.1, 0.15) is 11.5 Å². The summed E-state index contributed by atoms with van der Waals surface area (Å²) in [6.07, 6.45) is 1.97. The Kier molecular flexibility index (Phi) is 9.25. The number of aliphatic hydroxyl groups is 1. The molecule has 0 bridgehead atoms. The van der Waals surface area contributed by atoms with Gasteiger partial charge in [-0.2, -0.15) is 0 Å². The number of carbonyl (C=O) groups excluding carboxylic acids is 2. The Bertz CT molecular complexity index is 1160. The molecule has 204 valence electrons. The second-order valence-electron chi connectivity index (χ2n) is 9.26. The molecule has 0 aliphatic carbocycles. The summed E-state index contributed by atoms with van der Waals surface area (Å²) in [4.78, 5) is 30.5. The van der Waals surface area contributed by atoms with Crippen molar-refractivity contribution in [1.29, 1.82) is 0 Å². The first-order valence-corrected chi connectivity index (χ1v) is 13.0. The van der Waals surface area contributed by atoms with Crippen molar-refractivity contribution in [2.24, 2.45) is 0 Å². The molecule has 1 atom stereocenters. The normalized spacial score (nSPS) is 19.6. The molecule has 2 heterocycles. The number of amides is 1. The monoisotopic (exact) mass is 524 g/mol. The Morgan fingerprint density at radius 1 is 1.03 bits per heavy atom. The second-order valence-corrected chi connectivity index (χ2v) is 9.26. The van der Waals surface area contributed by atoms with Crippen molar-refractivity contribution in [2.75, 3.05) is 60.2 Å². The SMILES string of the molecule is CCCCOc1ccc(/C(O)=C2\C(=O)C(=O)N(CCN3CCOCC3)C2c2cccc(OC)c2OC)cc1. The van der Waals surface area contributed by atoms with Crippen LogP contribution in [-0.4, -0.2) is 86.8 Å². The fourth-order valence-electron chi connectivity index (χ4n) is 4.83. The average Bonchev–Trinajstić information content (AvgIpc) is 3.21. The lowest BCUT2D eigenvalue weighted by atomic mass is 9.94. The summed E-state index contributed by atoms with van der Waals surface area (Å²) in [5.74, 6) is -0.0859. The smallest absolute Gasteiger partial charge is 0.295 e. The number of rotatable bonds is 11. The molecule has 0 aromatic heterocycles. The van der Waals surface area contributed by atoms with E-state index in [9.17, 15) is 14.7 Å². The van der Waals surface area contributed by atoms with Crippen LogP contribution in [0.5, 0.6) is 17.2 Å². The molecule has 0 spiro atoms. The summed E-state index contributed by atoms with van der Waals surface area (Å²) in [5.41, 5.74) is 1.00. The van der Waals surface area contributed by atoms with Gasteiger partial charge in [0, 0.05) is 37.3 Å². The Morgan fingerprint density at radius 3 is 2.42 bits per heavy atom. The van der Waals surface area contributed by atoms with E-state index in [1.807, 2.05) is 0 Å². The van der Waals surface area contributed by atoms with Crippen molar-refractivity contribution >= 4 is 17.4 Å². The van der Waals surface area contributed by atoms with Gasteiger partial charge in [0.2, 0.25) is 0 Å². The number of unbranched alkanes of at least 4 members (excludes halogenated alkanes) is 1. The van der Waals surface area contributed by atoms with Crippen LogP contribution in [-0.2, 0) is 14.3 Å². The lowest BCUT2D eigenvalue weighted by Gasteiger charge is -2.31. The van der Waals surface area contributed by atoms with E-state index in [0.717, 1.165) is 25.9 Å². The number of nitrogens with zero attached hydrogens (tertiary/aromatic N) is 2. The van der Waals surface area contributed by atoms with Gasteiger partial charge in [0.15, 0.2) is 11.5 Å². The number of morpholine rings is 1. The third kappa shape index (κ3) is 5.79. The van der Waals surface area contributed by atoms with Crippen molar-refractivity contribution in [3.63, 3.8) is 0 Å². The molecule has 1 N–H and O–H groups in total. The third-order valence-electron chi connectivity index (χ3n) is 6.92. The van der Waals surface area contributed by atoms with Gasteiger partial charge in [-0.25, -0.2) is 0 Å². The summed E-state index contributed by atoms with van der Waals surface area (Å²) in [5, 5.41) is 11.4. The fourth-order valence-corrected chi connectivity index (χ4v) is 4.83. The van der Waals surface area contributed by atoms with Crippen molar-refractivity contribution in [3.8, 4) is 17.2 Å². The Morgan fingerprint density at radius 2 is 1.76 bits per heavy atom. The van der Waals surface area contributed by atoms with Crippen molar-refractivity contribution in [1.82, 2.24) is 9.80 Å². The fraction of sp³-hybridized carbons (Fsp3) is 0.448. The molecule has 38 heavy (non-hydrogen) atoms. The molecule has 9 heteroatoms. The Balaban J connectivity index is 1.74. The van der Waals surface area contributed by atoms with E-state index in [2.05, 4.69) is 11.8 Å². The predicted octanol–water partition coefficient (Wildman–Crippen LogP) is 3.64. The molecule has 4 rings (SSSR count). The number of Topliss-reactive ketones (excluding diaryl/α,β-unsaturated/α-hetero) is 1. The van der Waals surface area contributed by atoms with Crippen LogP contribution >= 0.6 is 0 Å². The van der Waals surface area contributed by atoms with Crippen LogP contribution in [0, 0.1) is 0 Å². The lowest BCUT2D eigenvalue weighted by molar-refractivity contribution is -0.140. The molecule has 2 aliphatic heterocycles. The van der Waals surface area contributed by atoms with Gasteiger partial charge in [-0.05, 0) is 36.8 Å². The van der Waals surface area contributed by atoms with Gasteiger partial charge in [0.25, 0.3) is 11.7 Å². The molecular weight excluding hydrogens is 488 g/mol. The number of carbonyl (C=O) groups is 2. The standard InChI is InChI=1S/C29H36N2O7/c1-4-5-17-38-21-11-9-20(10-12-21)26(32)24-25(22-7-6-8-23(35-2)28(22)36-3)31(29(34)27(24)33)14-13-30-15-18-37-19-16-30/h6-12,25,32H,4-5,13-19H2,1-3H3/b26-24+. The van der Waals surface area contributed by atoms with E-state index in [0.29, 0.717) is 61.3 Å². The number of ketones is 1. The van der Waals surface area contributed by atoms with E-state index in [-0.39, 0.29) is 11.3 Å². The molecule has 9 nitrogen and oxygen atoms in total. The van der Waals surface area contributed by atoms with Crippen LogP contribution in [0.3, 0.4) is 0 Å². The molecule has 0 radical (unpaired) electrons. The van der Waals surface area contributed by atoms with Crippen molar-refractivity contribution < 1.29 is 33.6 Å². The lowest BCUT2D eigenvalue weighted by Crippen LogP contribution is -2.42. The zero-order valence-corrected chi connectivity index (χ0v) is 22.3. The van der Waals surface area contributed by atoms with Gasteiger partial charge in [-0.1, -0.05) is 25.5 Å². The average molecular weight is 525 g/mol. The molecule has 0 saturated carbocycles. The number of likely N-dealkylation sites (tertiary alicyclic amines) is 1. The van der Waals surface area contributed by atoms with Crippen molar-refractivity contribution in [2.45, 2.75) is 25.8 Å². The Hall–Kier alpha value is -3.56. The zero-order valence-electron chi connectivity index (χ0n) is 22.3. The van der Waals surface area contributed by atoms with Gasteiger partial charge in [0.05, 0.1) is 45.7 Å². The molecule has 2 fully saturated rings. The number of aliphatic hydroxyl groups excluding tert-OH is 1. The van der Waals surface area contributed by atoms with Gasteiger partial charge in [-0.15, -0.1) is 0 Å². The molecule has 2 aromatic rings. The quantitative estimate of drug-likeness (QED) is 0.206. The van der Waals surface area contributed by atoms with Crippen LogP contribution < -0.4 is 14.2 Å². The van der Waals surface area contributed by atoms with Gasteiger partial charge in [-0.3, -0.25) is 14.5 Å². The number of para-hydroxylation sites is 1. The van der Waals surface area contributed by atoms with Gasteiger partial charge >= 0.3 is 0 Å². The highest BCUT2D eigenvalue weighted by Gasteiger charge is 2.47. The first-order chi connectivity index (χ1) is 18.5. The number of ether oxygens (including phenoxy) is 4. The van der Waals surface area contributed by atoms with E-state index in [1.54, 1.807) is 42.5 Å². The van der Waals surface area contributed by atoms with E-state index < -0.39 is 17.7 Å². The van der Waals surface area contributed by atoms with Gasteiger partial charge < -0.3 is 29.0 Å². The van der Waals surface area contributed by atoms with Crippen LogP contribution in [0.25, 0.3) is 5.76 Å². The molecule has 2 aliphatic rings. The van der Waals surface area contributed by atoms with Crippen LogP contribution in [0.2, 0.25) is 0 Å². The first kappa shape index (κ1) is 27.5. The highest BCUT2D eigenvalue weighted by Crippen LogP contribution is 2.45. The number of methoxy groups -OCH3 is 2. The summed E-state index contributed by atoms with van der Waals surface area (Å²) in [7, 11) is 3.04. The molecule has 1 amide bonds. The predicted molar refractivity (Wildman–Crippen MR) is 143 cm³/mol. The maximum atomic E-state index is 13.4. The molecule has 2 saturated heterocycles. The van der Waals surface area contributed by atoms with E-state index in [4.69, 9.17) is 18.9 Å². The highest BCUT2D eigenvalue weighted by molar-refractivity contribution is 6.46. The minimum atomic E-state index is -0.846. The van der Waals surface area contributed by atoms with Crippen LogP contribution in [0.4, 0.5) is 0 Å². The van der Waals surface area contributed by atoms with E-state index >= 15 is 0 Å². The number of benzene rings is 2. The van der Waals surface area contributed by atoms with Crippen LogP contribution in [0.15, 0.2) is 48.0 Å². The topological polar surface area (TPSA) is 97.8 Å². The second kappa shape index (κ2) is 12.8. The molecular formula is C29H36N2O7. The molecule has 2 aromatic carbocycles. The minimum absolute atomic E-state index is 0.0168. The maximum Gasteiger partial charge on any atom is 0.295 e. The zero-order chi connectivity index (χ0) is 27.1. The first-order valence-electron chi connectivity index (χ1n) is 13.0. The Labute approximate surface area is 223 Å². The number of hydrogen-bond acceptors (Lipinski definition) is 8. The van der Waals surface area contributed by atoms with Crippen LogP contribution in [0.1, 0.15) is 36.9 Å². The summed E-state index contributed by atoms with van der Waals surface area (Å²) >= 11 is 0.